The van der Waals surface area contributed by atoms with E-state index in [0.29, 0.717) is 23.1 Å². The molecule has 3 aromatic carbocycles. The van der Waals surface area contributed by atoms with E-state index < -0.39 is 23.3 Å². The van der Waals surface area contributed by atoms with Crippen LogP contribution in [0.2, 0.25) is 0 Å². The maximum Gasteiger partial charge on any atom is 0.338 e. The minimum Gasteiger partial charge on any atom is -0.461 e. The fraction of sp³-hybridized carbons (Fsp3) is 0.364. The number of esters is 3. The Kier molecular flexibility index (Phi) is 18.9. The second kappa shape index (κ2) is 21.1. The molecule has 0 aliphatic heterocycles. The Morgan fingerprint density at radius 1 is 0.487 bits per heavy atom. The Morgan fingerprint density at radius 3 is 0.923 bits per heavy atom. The fourth-order valence-corrected chi connectivity index (χ4v) is 3.06. The van der Waals surface area contributed by atoms with Gasteiger partial charge in [-0.1, -0.05) is 103 Å². The molecule has 0 radical (unpaired) electrons. The van der Waals surface area contributed by atoms with Crippen molar-refractivity contribution in [2.24, 2.45) is 5.41 Å². The second-order valence-corrected chi connectivity index (χ2v) is 7.68. The second-order valence-electron chi connectivity index (χ2n) is 7.68. The van der Waals surface area contributed by atoms with Crippen LogP contribution in [0.25, 0.3) is 0 Å². The van der Waals surface area contributed by atoms with Crippen molar-refractivity contribution in [2.45, 2.75) is 54.9 Å². The van der Waals surface area contributed by atoms with Crippen molar-refractivity contribution in [2.75, 3.05) is 19.8 Å². The number of carbonyl (C=O) groups excluding carboxylic acids is 3. The quantitative estimate of drug-likeness (QED) is 0.193. The molecule has 0 aromatic heterocycles. The van der Waals surface area contributed by atoms with Gasteiger partial charge in [-0.2, -0.15) is 0 Å². The van der Waals surface area contributed by atoms with E-state index in [1.54, 1.807) is 91.0 Å². The Balaban J connectivity index is 0.00000225. The van der Waals surface area contributed by atoms with Crippen LogP contribution in [0.15, 0.2) is 91.0 Å². The van der Waals surface area contributed by atoms with Crippen LogP contribution < -0.4 is 0 Å². The molecule has 0 unspecified atom stereocenters. The molecule has 0 heterocycles. The van der Waals surface area contributed by atoms with Crippen molar-refractivity contribution < 1.29 is 28.6 Å². The Labute approximate surface area is 234 Å². The third-order valence-electron chi connectivity index (χ3n) is 5.31. The molecular weight excluding hydrogens is 492 g/mol. The first-order valence-electron chi connectivity index (χ1n) is 13.7. The molecule has 0 fully saturated rings. The van der Waals surface area contributed by atoms with Crippen molar-refractivity contribution in [3.8, 4) is 0 Å². The largest absolute Gasteiger partial charge is 0.461 e. The summed E-state index contributed by atoms with van der Waals surface area (Å²) >= 11 is 0. The molecule has 0 spiro atoms. The Bertz CT molecular complexity index is 915. The lowest BCUT2D eigenvalue weighted by molar-refractivity contribution is -0.0381. The standard InChI is InChI=1S/C27H26O6.3C2H6/c1-2-27(18-31-24(28)21-12-6-3-7-13-21,19-32-25(29)22-14-8-4-9-15-22)20-33-26(30)23-16-10-5-11-17-23;3*1-2/h3-17H,2,18-20H2,1H3;3*1-2H3. The average molecular weight is 537 g/mol. The molecule has 3 aromatic rings. The summed E-state index contributed by atoms with van der Waals surface area (Å²) in [6.45, 7) is 13.6. The molecule has 0 bridgehead atoms. The van der Waals surface area contributed by atoms with Crippen LogP contribution in [0.1, 0.15) is 86.0 Å². The summed E-state index contributed by atoms with van der Waals surface area (Å²) in [7, 11) is 0. The molecular formula is C33H44O6. The van der Waals surface area contributed by atoms with Gasteiger partial charge in [0.25, 0.3) is 0 Å². The van der Waals surface area contributed by atoms with E-state index in [9.17, 15) is 14.4 Å². The van der Waals surface area contributed by atoms with E-state index in [2.05, 4.69) is 0 Å². The third-order valence-corrected chi connectivity index (χ3v) is 5.31. The number of rotatable bonds is 10. The third kappa shape index (κ3) is 12.4. The SMILES string of the molecule is CC.CC.CC.CCC(COC(=O)c1ccccc1)(COC(=O)c1ccccc1)COC(=O)c1ccccc1. The maximum atomic E-state index is 12.5. The predicted octanol–water partition coefficient (Wildman–Crippen LogP) is 8.03. The van der Waals surface area contributed by atoms with Crippen molar-refractivity contribution in [1.29, 1.82) is 0 Å². The zero-order chi connectivity index (χ0) is 29.5. The molecule has 212 valence electrons. The van der Waals surface area contributed by atoms with E-state index in [-0.39, 0.29) is 19.8 Å². The predicted molar refractivity (Wildman–Crippen MR) is 157 cm³/mol. The lowest BCUT2D eigenvalue weighted by atomic mass is 9.88. The van der Waals surface area contributed by atoms with Crippen molar-refractivity contribution in [1.82, 2.24) is 0 Å². The van der Waals surface area contributed by atoms with Crippen LogP contribution in [0.5, 0.6) is 0 Å². The first-order valence-corrected chi connectivity index (χ1v) is 13.7. The van der Waals surface area contributed by atoms with Crippen LogP contribution in [-0.4, -0.2) is 37.7 Å². The highest BCUT2D eigenvalue weighted by Gasteiger charge is 2.34. The van der Waals surface area contributed by atoms with Gasteiger partial charge in [0.1, 0.15) is 19.8 Å². The van der Waals surface area contributed by atoms with Gasteiger partial charge in [0.15, 0.2) is 0 Å². The number of ether oxygens (including phenoxy) is 3. The van der Waals surface area contributed by atoms with E-state index in [4.69, 9.17) is 14.2 Å². The van der Waals surface area contributed by atoms with E-state index in [1.807, 2.05) is 48.5 Å². The Hall–Kier alpha value is -3.93. The van der Waals surface area contributed by atoms with Crippen LogP contribution in [0.3, 0.4) is 0 Å². The average Bonchev–Trinajstić information content (AvgIpc) is 3.04. The molecule has 0 saturated heterocycles. The zero-order valence-corrected chi connectivity index (χ0v) is 24.4. The number of benzene rings is 3. The van der Waals surface area contributed by atoms with Gasteiger partial charge < -0.3 is 14.2 Å². The van der Waals surface area contributed by atoms with Crippen LogP contribution in [-0.2, 0) is 14.2 Å². The summed E-state index contributed by atoms with van der Waals surface area (Å²) in [6.07, 6.45) is 0.444. The monoisotopic (exact) mass is 536 g/mol. The molecule has 0 aliphatic carbocycles. The molecule has 6 nitrogen and oxygen atoms in total. The number of carbonyl (C=O) groups is 3. The smallest absolute Gasteiger partial charge is 0.338 e. The molecule has 0 saturated carbocycles. The lowest BCUT2D eigenvalue weighted by Crippen LogP contribution is -2.39. The van der Waals surface area contributed by atoms with E-state index in [1.165, 1.54) is 0 Å². The fourth-order valence-electron chi connectivity index (χ4n) is 3.06. The minimum absolute atomic E-state index is 0.0820. The minimum atomic E-state index is -0.903. The van der Waals surface area contributed by atoms with Crippen LogP contribution in [0, 0.1) is 5.41 Å². The first-order chi connectivity index (χ1) is 19.0. The molecule has 39 heavy (non-hydrogen) atoms. The van der Waals surface area contributed by atoms with Gasteiger partial charge in [0.2, 0.25) is 0 Å². The van der Waals surface area contributed by atoms with Crippen molar-refractivity contribution in [3.63, 3.8) is 0 Å². The lowest BCUT2D eigenvalue weighted by Gasteiger charge is -2.31. The van der Waals surface area contributed by atoms with E-state index in [0.717, 1.165) is 0 Å². The molecule has 0 aliphatic rings. The van der Waals surface area contributed by atoms with Gasteiger partial charge in [-0.15, -0.1) is 0 Å². The summed E-state index contributed by atoms with van der Waals surface area (Å²) in [6, 6.07) is 25.8. The highest BCUT2D eigenvalue weighted by atomic mass is 16.6. The normalized spacial score (nSPS) is 9.62. The summed E-state index contributed by atoms with van der Waals surface area (Å²) < 4.78 is 16.6. The van der Waals surface area contributed by atoms with Crippen molar-refractivity contribution >= 4 is 17.9 Å². The summed E-state index contributed by atoms with van der Waals surface area (Å²) in [5.74, 6) is -1.51. The molecule has 0 atom stereocenters. The topological polar surface area (TPSA) is 78.9 Å². The van der Waals surface area contributed by atoms with Gasteiger partial charge in [0, 0.05) is 0 Å². The van der Waals surface area contributed by atoms with Crippen LogP contribution in [0.4, 0.5) is 0 Å². The Morgan fingerprint density at radius 2 is 0.718 bits per heavy atom. The van der Waals surface area contributed by atoms with Gasteiger partial charge in [-0.3, -0.25) is 0 Å². The summed E-state index contributed by atoms with van der Waals surface area (Å²) in [5.41, 5.74) is 0.319. The molecule has 6 heteroatoms. The summed E-state index contributed by atoms with van der Waals surface area (Å²) in [4.78, 5) is 37.5. The number of hydrogen-bond acceptors (Lipinski definition) is 6. The van der Waals surface area contributed by atoms with Crippen molar-refractivity contribution in [3.05, 3.63) is 108 Å². The van der Waals surface area contributed by atoms with Gasteiger partial charge in [-0.05, 0) is 42.8 Å². The van der Waals surface area contributed by atoms with E-state index >= 15 is 0 Å². The van der Waals surface area contributed by atoms with Gasteiger partial charge in [0.05, 0.1) is 22.1 Å². The highest BCUT2D eigenvalue weighted by molar-refractivity contribution is 5.90. The highest BCUT2D eigenvalue weighted by Crippen LogP contribution is 2.26. The van der Waals surface area contributed by atoms with Gasteiger partial charge in [-0.25, -0.2) is 14.4 Å². The van der Waals surface area contributed by atoms with Gasteiger partial charge >= 0.3 is 17.9 Å². The molecule has 3 rings (SSSR count). The first kappa shape index (κ1) is 35.1. The maximum absolute atomic E-state index is 12.5. The summed E-state index contributed by atoms with van der Waals surface area (Å²) in [5, 5.41) is 0. The zero-order valence-electron chi connectivity index (χ0n) is 24.4. The number of hydrogen-bond donors (Lipinski definition) is 0. The van der Waals surface area contributed by atoms with Crippen LogP contribution >= 0.6 is 0 Å². The molecule has 0 amide bonds. The molecule has 0 N–H and O–H groups in total.